The van der Waals surface area contributed by atoms with Crippen molar-refractivity contribution in [1.82, 2.24) is 19.4 Å². The molecule has 0 saturated carbocycles. The number of hydrogen-bond acceptors (Lipinski definition) is 5. The largest absolute Gasteiger partial charge is 0.480 e. The summed E-state index contributed by atoms with van der Waals surface area (Å²) in [6, 6.07) is 3.80. The number of hydrogen-bond donors (Lipinski definition) is 2. The topological polar surface area (TPSA) is 66.2 Å². The highest BCUT2D eigenvalue weighted by Crippen LogP contribution is 2.20. The molecule has 0 unspecified atom stereocenters. The third-order valence-electron chi connectivity index (χ3n) is 3.46. The highest BCUT2D eigenvalue weighted by Gasteiger charge is 2.12. The maximum Gasteiger partial charge on any atom is 0.296 e. The van der Waals surface area contributed by atoms with Gasteiger partial charge in [-0.1, -0.05) is 13.8 Å². The van der Waals surface area contributed by atoms with Gasteiger partial charge in [-0.2, -0.15) is 4.98 Å². The molecule has 20 heavy (non-hydrogen) atoms. The summed E-state index contributed by atoms with van der Waals surface area (Å²) < 4.78 is 1.77. The summed E-state index contributed by atoms with van der Waals surface area (Å²) in [5.74, 6) is 0.809. The Morgan fingerprint density at radius 3 is 2.60 bits per heavy atom. The van der Waals surface area contributed by atoms with E-state index in [9.17, 15) is 5.11 Å². The summed E-state index contributed by atoms with van der Waals surface area (Å²) in [5.41, 5.74) is 1.46. The minimum atomic E-state index is 0.0355. The van der Waals surface area contributed by atoms with Crippen LogP contribution in [0.1, 0.15) is 20.8 Å². The zero-order valence-corrected chi connectivity index (χ0v) is 12.4. The maximum atomic E-state index is 9.99. The monoisotopic (exact) mass is 277 g/mol. The minimum Gasteiger partial charge on any atom is -0.480 e. The van der Waals surface area contributed by atoms with Gasteiger partial charge in [-0.05, 0) is 32.1 Å². The van der Waals surface area contributed by atoms with Crippen molar-refractivity contribution in [3.05, 3.63) is 12.1 Å². The molecule has 6 nitrogen and oxygen atoms in total. The first-order chi connectivity index (χ1) is 9.69. The number of likely N-dealkylation sites (N-methyl/N-ethyl adjacent to an activating group) is 1. The van der Waals surface area contributed by atoms with E-state index in [1.807, 2.05) is 19.1 Å². The standard InChI is InChI=1S/C14H23N5O/c1-4-15-12-8-7-11-13(17-12)19(14(20)16-11)10-9-18(5-2)6-3/h7-8H,4-6,9-10H2,1-3H3,(H,15,17)(H,16,20). The summed E-state index contributed by atoms with van der Waals surface area (Å²) >= 11 is 0. The van der Waals surface area contributed by atoms with Crippen LogP contribution in [0.4, 0.5) is 5.82 Å². The van der Waals surface area contributed by atoms with Gasteiger partial charge in [-0.15, -0.1) is 0 Å². The Morgan fingerprint density at radius 2 is 1.95 bits per heavy atom. The lowest BCUT2D eigenvalue weighted by Gasteiger charge is -2.18. The fourth-order valence-electron chi connectivity index (χ4n) is 2.26. The molecule has 2 aromatic heterocycles. The van der Waals surface area contributed by atoms with Crippen LogP contribution in [-0.2, 0) is 6.54 Å². The van der Waals surface area contributed by atoms with Crippen LogP contribution < -0.4 is 5.32 Å². The Balaban J connectivity index is 2.26. The highest BCUT2D eigenvalue weighted by atomic mass is 16.3. The Hall–Kier alpha value is -1.82. The third-order valence-corrected chi connectivity index (χ3v) is 3.46. The van der Waals surface area contributed by atoms with Crippen LogP contribution >= 0.6 is 0 Å². The lowest BCUT2D eigenvalue weighted by Crippen LogP contribution is -2.27. The first kappa shape index (κ1) is 14.6. The maximum absolute atomic E-state index is 9.99. The molecule has 0 fully saturated rings. The molecule has 0 saturated heterocycles. The van der Waals surface area contributed by atoms with E-state index in [-0.39, 0.29) is 6.01 Å². The smallest absolute Gasteiger partial charge is 0.296 e. The molecule has 0 atom stereocenters. The van der Waals surface area contributed by atoms with Crippen molar-refractivity contribution in [2.24, 2.45) is 0 Å². The van der Waals surface area contributed by atoms with Crippen molar-refractivity contribution in [2.45, 2.75) is 27.3 Å². The van der Waals surface area contributed by atoms with Crippen molar-refractivity contribution in [1.29, 1.82) is 0 Å². The predicted octanol–water partition coefficient (Wildman–Crippen LogP) is 1.91. The molecule has 0 bridgehead atoms. The second-order valence-corrected chi connectivity index (χ2v) is 4.66. The number of aromatic hydroxyl groups is 1. The molecule has 2 N–H and O–H groups in total. The lowest BCUT2D eigenvalue weighted by molar-refractivity contribution is 0.283. The lowest BCUT2D eigenvalue weighted by atomic mass is 10.4. The molecule has 6 heteroatoms. The van der Waals surface area contributed by atoms with E-state index < -0.39 is 0 Å². The van der Waals surface area contributed by atoms with E-state index in [0.717, 1.165) is 43.2 Å². The second kappa shape index (κ2) is 6.56. The van der Waals surface area contributed by atoms with Gasteiger partial charge in [-0.25, -0.2) is 4.98 Å². The number of nitrogens with one attached hydrogen (secondary N) is 1. The number of nitrogens with zero attached hydrogens (tertiary/aromatic N) is 4. The second-order valence-electron chi connectivity index (χ2n) is 4.66. The van der Waals surface area contributed by atoms with Gasteiger partial charge in [0.1, 0.15) is 11.3 Å². The molecule has 2 heterocycles. The zero-order valence-electron chi connectivity index (χ0n) is 12.4. The quantitative estimate of drug-likeness (QED) is 0.809. The summed E-state index contributed by atoms with van der Waals surface area (Å²) in [4.78, 5) is 11.0. The fraction of sp³-hybridized carbons (Fsp3) is 0.571. The van der Waals surface area contributed by atoms with Gasteiger partial charge in [0.2, 0.25) is 0 Å². The highest BCUT2D eigenvalue weighted by molar-refractivity contribution is 5.74. The van der Waals surface area contributed by atoms with E-state index >= 15 is 0 Å². The minimum absolute atomic E-state index is 0.0355. The average molecular weight is 277 g/mol. The fourth-order valence-corrected chi connectivity index (χ4v) is 2.26. The van der Waals surface area contributed by atoms with Crippen LogP contribution in [0.2, 0.25) is 0 Å². The number of fused-ring (bicyclic) bond motifs is 1. The van der Waals surface area contributed by atoms with E-state index in [2.05, 4.69) is 34.0 Å². The molecule has 0 radical (unpaired) electrons. The van der Waals surface area contributed by atoms with Gasteiger partial charge in [0.15, 0.2) is 5.65 Å². The van der Waals surface area contributed by atoms with Gasteiger partial charge in [0.25, 0.3) is 6.01 Å². The molecular weight excluding hydrogens is 254 g/mol. The van der Waals surface area contributed by atoms with Crippen LogP contribution in [-0.4, -0.2) is 50.7 Å². The summed E-state index contributed by atoms with van der Waals surface area (Å²) in [6.07, 6.45) is 0. The number of imidazole rings is 1. The SMILES string of the molecule is CCNc1ccc2nc(O)n(CCN(CC)CC)c2n1. The Morgan fingerprint density at radius 1 is 1.20 bits per heavy atom. The van der Waals surface area contributed by atoms with Crippen LogP contribution in [0.15, 0.2) is 12.1 Å². The molecule has 110 valence electrons. The van der Waals surface area contributed by atoms with E-state index in [1.165, 1.54) is 0 Å². The summed E-state index contributed by atoms with van der Waals surface area (Å²) in [7, 11) is 0. The van der Waals surface area contributed by atoms with Gasteiger partial charge in [0, 0.05) is 19.6 Å². The van der Waals surface area contributed by atoms with Crippen LogP contribution in [0.3, 0.4) is 0 Å². The first-order valence-electron chi connectivity index (χ1n) is 7.22. The number of pyridine rings is 1. The third kappa shape index (κ3) is 3.01. The summed E-state index contributed by atoms with van der Waals surface area (Å²) in [6.45, 7) is 10.7. The first-order valence-corrected chi connectivity index (χ1v) is 7.22. The van der Waals surface area contributed by atoms with Gasteiger partial charge >= 0.3 is 0 Å². The van der Waals surface area contributed by atoms with Crippen molar-refractivity contribution >= 4 is 17.0 Å². The van der Waals surface area contributed by atoms with Crippen LogP contribution in [0.25, 0.3) is 11.2 Å². The average Bonchev–Trinajstić information content (AvgIpc) is 2.76. The van der Waals surface area contributed by atoms with Gasteiger partial charge in [-0.3, -0.25) is 4.57 Å². The van der Waals surface area contributed by atoms with Crippen molar-refractivity contribution in [2.75, 3.05) is 31.5 Å². The molecule has 0 spiro atoms. The Bertz CT molecular complexity index is 562. The molecule has 0 aliphatic heterocycles. The Kier molecular flexibility index (Phi) is 4.79. The molecule has 0 aromatic carbocycles. The van der Waals surface area contributed by atoms with Gasteiger partial charge in [0.05, 0.1) is 0 Å². The molecule has 2 rings (SSSR count). The summed E-state index contributed by atoms with van der Waals surface area (Å²) in [5, 5.41) is 13.2. The molecule has 2 aromatic rings. The van der Waals surface area contributed by atoms with Crippen LogP contribution in [0.5, 0.6) is 6.01 Å². The molecular formula is C14H23N5O. The van der Waals surface area contributed by atoms with E-state index in [0.29, 0.717) is 6.54 Å². The molecule has 0 aliphatic rings. The van der Waals surface area contributed by atoms with Crippen molar-refractivity contribution in [3.63, 3.8) is 0 Å². The number of anilines is 1. The molecule has 0 aliphatic carbocycles. The molecule has 0 amide bonds. The van der Waals surface area contributed by atoms with Crippen molar-refractivity contribution in [3.8, 4) is 6.01 Å². The number of rotatable bonds is 7. The number of aromatic nitrogens is 3. The van der Waals surface area contributed by atoms with Crippen molar-refractivity contribution < 1.29 is 5.11 Å². The Labute approximate surface area is 119 Å². The van der Waals surface area contributed by atoms with E-state index in [4.69, 9.17) is 0 Å². The van der Waals surface area contributed by atoms with Gasteiger partial charge < -0.3 is 15.3 Å². The predicted molar refractivity (Wildman–Crippen MR) is 81.1 cm³/mol. The van der Waals surface area contributed by atoms with E-state index in [1.54, 1.807) is 4.57 Å². The zero-order chi connectivity index (χ0) is 14.5. The normalized spacial score (nSPS) is 11.4. The van der Waals surface area contributed by atoms with Crippen LogP contribution in [0, 0.1) is 0 Å².